The first-order valence-corrected chi connectivity index (χ1v) is 9.93. The molecule has 1 aliphatic heterocycles. The monoisotopic (exact) mass is 385 g/mol. The first-order valence-electron chi connectivity index (χ1n) is 9.93. The average Bonchev–Trinajstić information content (AvgIpc) is 2.79. The van der Waals surface area contributed by atoms with Crippen LogP contribution in [0.3, 0.4) is 0 Å². The van der Waals surface area contributed by atoms with Crippen LogP contribution in [-0.4, -0.2) is 48.2 Å². The molecule has 1 fully saturated rings. The van der Waals surface area contributed by atoms with Gasteiger partial charge < -0.3 is 4.74 Å². The molecule has 0 aromatic heterocycles. The predicted octanol–water partition coefficient (Wildman–Crippen LogP) is 3.37. The predicted molar refractivity (Wildman–Crippen MR) is 106 cm³/mol. The minimum absolute atomic E-state index is 0.0668. The van der Waals surface area contributed by atoms with Gasteiger partial charge in [-0.15, -0.1) is 0 Å². The third-order valence-corrected chi connectivity index (χ3v) is 5.11. The maximum atomic E-state index is 13.2. The molecule has 0 radical (unpaired) electrons. The lowest BCUT2D eigenvalue weighted by atomic mass is 9.83. The van der Waals surface area contributed by atoms with Crippen LogP contribution >= 0.6 is 0 Å². The Balaban J connectivity index is 2.06. The number of ether oxygens (including phenoxy) is 1. The van der Waals surface area contributed by atoms with E-state index in [-0.39, 0.29) is 31.4 Å². The number of anilines is 1. The van der Waals surface area contributed by atoms with E-state index in [2.05, 4.69) is 5.10 Å². The molecule has 0 atom stereocenters. The van der Waals surface area contributed by atoms with E-state index in [9.17, 15) is 14.4 Å². The smallest absolute Gasteiger partial charge is 0.345 e. The lowest BCUT2D eigenvalue weighted by molar-refractivity contribution is -0.143. The number of carbonyl (C=O) groups is 3. The number of nitrogens with zero attached hydrogens (tertiary/aromatic N) is 3. The normalized spacial score (nSPS) is 17.6. The fourth-order valence-corrected chi connectivity index (χ4v) is 3.88. The molecule has 1 saturated carbocycles. The highest BCUT2D eigenvalue weighted by molar-refractivity contribution is 6.13. The number of Topliss-reactive ketones (excluding diaryl/α,β-unsaturated/α-hetero) is 1. The summed E-state index contributed by atoms with van der Waals surface area (Å²) in [7, 11) is 0. The number of benzene rings is 1. The van der Waals surface area contributed by atoms with Crippen molar-refractivity contribution in [2.75, 3.05) is 24.6 Å². The van der Waals surface area contributed by atoms with Gasteiger partial charge in [0.25, 0.3) is 0 Å². The number of hydrogen-bond donors (Lipinski definition) is 0. The molecule has 1 aromatic rings. The van der Waals surface area contributed by atoms with Crippen molar-refractivity contribution in [3.63, 3.8) is 0 Å². The zero-order valence-electron chi connectivity index (χ0n) is 16.5. The Morgan fingerprint density at radius 1 is 1.14 bits per heavy atom. The molecule has 150 valence electrons. The maximum Gasteiger partial charge on any atom is 0.345 e. The molecule has 0 saturated heterocycles. The highest BCUT2D eigenvalue weighted by atomic mass is 16.5. The van der Waals surface area contributed by atoms with Gasteiger partial charge in [0.05, 0.1) is 24.6 Å². The van der Waals surface area contributed by atoms with Crippen LogP contribution in [0, 0.1) is 5.92 Å². The van der Waals surface area contributed by atoms with Crippen LogP contribution in [-0.2, 0) is 14.3 Å². The molecule has 0 unspecified atom stereocenters. The van der Waals surface area contributed by atoms with Crippen LogP contribution < -0.4 is 4.90 Å². The summed E-state index contributed by atoms with van der Waals surface area (Å²) < 4.78 is 5.02. The number of hydrogen-bond acceptors (Lipinski definition) is 5. The highest BCUT2D eigenvalue weighted by Gasteiger charge is 2.34. The standard InChI is InChI=1S/C21H27N3O4/c1-3-28-19(26)14-24-21(27)23(13-15(2)25)18-12-8-7-11-17(18)20(22-24)16-9-5-4-6-10-16/h7-8,11-12,16H,3-6,9-10,13-14H2,1-2H3. The van der Waals surface area contributed by atoms with Crippen LogP contribution in [0.15, 0.2) is 29.4 Å². The molecule has 28 heavy (non-hydrogen) atoms. The molecule has 2 amide bonds. The summed E-state index contributed by atoms with van der Waals surface area (Å²) in [5.74, 6) is -0.429. The van der Waals surface area contributed by atoms with E-state index in [0.717, 1.165) is 42.0 Å². The third kappa shape index (κ3) is 4.40. The SMILES string of the molecule is CCOC(=O)CN1N=C(C2CCCCC2)c2ccccc2N(CC(C)=O)C1=O. The Kier molecular flexibility index (Phi) is 6.44. The number of esters is 1. The van der Waals surface area contributed by atoms with Crippen molar-refractivity contribution in [2.24, 2.45) is 11.0 Å². The van der Waals surface area contributed by atoms with Gasteiger partial charge in [-0.1, -0.05) is 37.5 Å². The molecule has 1 aromatic carbocycles. The zero-order valence-corrected chi connectivity index (χ0v) is 16.5. The number of amides is 2. The summed E-state index contributed by atoms with van der Waals surface area (Å²) in [4.78, 5) is 38.5. The summed E-state index contributed by atoms with van der Waals surface area (Å²) in [5, 5.41) is 5.81. The second-order valence-electron chi connectivity index (χ2n) is 7.27. The first kappa shape index (κ1) is 20.0. The number of urea groups is 1. The van der Waals surface area contributed by atoms with Crippen molar-refractivity contribution in [2.45, 2.75) is 46.0 Å². The topological polar surface area (TPSA) is 79.3 Å². The van der Waals surface area contributed by atoms with Gasteiger partial charge in [0.15, 0.2) is 0 Å². The Morgan fingerprint density at radius 2 is 1.86 bits per heavy atom. The summed E-state index contributed by atoms with van der Waals surface area (Å²) in [6, 6.07) is 7.05. The number of rotatable bonds is 6. The minimum Gasteiger partial charge on any atom is -0.465 e. The van der Waals surface area contributed by atoms with E-state index in [1.165, 1.54) is 18.2 Å². The molecule has 0 bridgehead atoms. The molecule has 1 heterocycles. The largest absolute Gasteiger partial charge is 0.465 e. The molecular formula is C21H27N3O4. The van der Waals surface area contributed by atoms with Crippen molar-refractivity contribution in [1.82, 2.24) is 5.01 Å². The zero-order chi connectivity index (χ0) is 20.1. The van der Waals surface area contributed by atoms with Crippen LogP contribution in [0.2, 0.25) is 0 Å². The van der Waals surface area contributed by atoms with E-state index in [1.807, 2.05) is 24.3 Å². The second kappa shape index (κ2) is 8.99. The van der Waals surface area contributed by atoms with Crippen molar-refractivity contribution < 1.29 is 19.1 Å². The van der Waals surface area contributed by atoms with Gasteiger partial charge >= 0.3 is 12.0 Å². The number of carbonyl (C=O) groups excluding carboxylic acids is 3. The van der Waals surface area contributed by atoms with Crippen molar-refractivity contribution in [3.05, 3.63) is 29.8 Å². The van der Waals surface area contributed by atoms with E-state index in [0.29, 0.717) is 5.69 Å². The Labute approximate surface area is 165 Å². The number of fused-ring (bicyclic) bond motifs is 1. The highest BCUT2D eigenvalue weighted by Crippen LogP contribution is 2.34. The van der Waals surface area contributed by atoms with Gasteiger partial charge in [0, 0.05) is 11.5 Å². The van der Waals surface area contributed by atoms with Crippen LogP contribution in [0.5, 0.6) is 0 Å². The molecule has 7 nitrogen and oxygen atoms in total. The van der Waals surface area contributed by atoms with Crippen LogP contribution in [0.4, 0.5) is 10.5 Å². The molecule has 2 aliphatic rings. The van der Waals surface area contributed by atoms with Gasteiger partial charge in [-0.25, -0.2) is 9.80 Å². The molecule has 0 N–H and O–H groups in total. The van der Waals surface area contributed by atoms with Crippen molar-refractivity contribution in [3.8, 4) is 0 Å². The van der Waals surface area contributed by atoms with Gasteiger partial charge in [0.2, 0.25) is 0 Å². The van der Waals surface area contributed by atoms with Gasteiger partial charge in [-0.2, -0.15) is 5.10 Å². The third-order valence-electron chi connectivity index (χ3n) is 5.11. The summed E-state index contributed by atoms with van der Waals surface area (Å²) in [6.07, 6.45) is 5.44. The molecule has 1 aliphatic carbocycles. The van der Waals surface area contributed by atoms with Crippen LogP contribution in [0.1, 0.15) is 51.5 Å². The van der Waals surface area contributed by atoms with E-state index in [4.69, 9.17) is 4.74 Å². The molecular weight excluding hydrogens is 358 g/mol. The van der Waals surface area contributed by atoms with Gasteiger partial charge in [-0.3, -0.25) is 14.5 Å². The minimum atomic E-state index is -0.517. The molecule has 0 spiro atoms. The van der Waals surface area contributed by atoms with Crippen LogP contribution in [0.25, 0.3) is 0 Å². The Morgan fingerprint density at radius 3 is 2.54 bits per heavy atom. The van der Waals surface area contributed by atoms with Gasteiger partial charge in [-0.05, 0) is 32.8 Å². The average molecular weight is 385 g/mol. The summed E-state index contributed by atoms with van der Waals surface area (Å²) >= 11 is 0. The number of para-hydroxylation sites is 1. The van der Waals surface area contributed by atoms with Crippen molar-refractivity contribution in [1.29, 1.82) is 0 Å². The quantitative estimate of drug-likeness (QED) is 0.703. The Hall–Kier alpha value is -2.70. The van der Waals surface area contributed by atoms with Crippen molar-refractivity contribution >= 4 is 29.2 Å². The fraction of sp³-hybridized carbons (Fsp3) is 0.524. The lowest BCUT2D eigenvalue weighted by Crippen LogP contribution is -2.44. The summed E-state index contributed by atoms with van der Waals surface area (Å²) in [5.41, 5.74) is 2.34. The van der Waals surface area contributed by atoms with E-state index >= 15 is 0 Å². The lowest BCUT2D eigenvalue weighted by Gasteiger charge is -2.25. The summed E-state index contributed by atoms with van der Waals surface area (Å²) in [6.45, 7) is 3.06. The second-order valence-corrected chi connectivity index (χ2v) is 7.27. The van der Waals surface area contributed by atoms with Gasteiger partial charge in [0.1, 0.15) is 12.3 Å². The fourth-order valence-electron chi connectivity index (χ4n) is 3.88. The molecule has 3 rings (SSSR count). The molecule has 7 heteroatoms. The van der Waals surface area contributed by atoms with E-state index in [1.54, 1.807) is 6.92 Å². The Bertz CT molecular complexity index is 784. The number of ketones is 1. The first-order chi connectivity index (χ1) is 13.5. The number of hydrazone groups is 1. The maximum absolute atomic E-state index is 13.2. The van der Waals surface area contributed by atoms with E-state index < -0.39 is 12.0 Å².